The SMILES string of the molecule is Cc1nc2cc(Cl)c([N+](=O)[O-])cc2nc1C. The number of rotatable bonds is 1. The molecule has 16 heavy (non-hydrogen) atoms. The second-order valence-electron chi connectivity index (χ2n) is 3.44. The molecule has 2 aromatic rings. The zero-order valence-corrected chi connectivity index (χ0v) is 9.45. The Balaban J connectivity index is 2.79. The third-order valence-electron chi connectivity index (χ3n) is 2.34. The highest BCUT2D eigenvalue weighted by Gasteiger charge is 2.15. The van der Waals surface area contributed by atoms with Crippen LogP contribution < -0.4 is 0 Å². The fourth-order valence-electron chi connectivity index (χ4n) is 1.38. The zero-order chi connectivity index (χ0) is 11.9. The number of hydrogen-bond donors (Lipinski definition) is 0. The summed E-state index contributed by atoms with van der Waals surface area (Å²) in [7, 11) is 0. The summed E-state index contributed by atoms with van der Waals surface area (Å²) in [5.41, 5.74) is 2.45. The summed E-state index contributed by atoms with van der Waals surface area (Å²) in [5, 5.41) is 10.8. The van der Waals surface area contributed by atoms with Gasteiger partial charge in [0.2, 0.25) is 0 Å². The Labute approximate surface area is 96.2 Å². The second kappa shape index (κ2) is 3.68. The summed E-state index contributed by atoms with van der Waals surface area (Å²) in [6.07, 6.45) is 0. The van der Waals surface area contributed by atoms with Crippen LogP contribution in [-0.4, -0.2) is 14.9 Å². The highest BCUT2D eigenvalue weighted by atomic mass is 35.5. The first-order valence-electron chi connectivity index (χ1n) is 4.58. The molecule has 0 fully saturated rings. The van der Waals surface area contributed by atoms with Crippen molar-refractivity contribution >= 4 is 28.3 Å². The molecule has 0 bridgehead atoms. The number of benzene rings is 1. The molecular weight excluding hydrogens is 230 g/mol. The molecule has 1 aromatic heterocycles. The Hall–Kier alpha value is -1.75. The largest absolute Gasteiger partial charge is 0.290 e. The number of aromatic nitrogens is 2. The van der Waals surface area contributed by atoms with Gasteiger partial charge in [-0.25, -0.2) is 9.97 Å². The maximum atomic E-state index is 10.7. The molecule has 6 heteroatoms. The Bertz CT molecular complexity index is 598. The fourth-order valence-corrected chi connectivity index (χ4v) is 1.61. The Morgan fingerprint density at radius 2 is 1.69 bits per heavy atom. The lowest BCUT2D eigenvalue weighted by molar-refractivity contribution is -0.384. The van der Waals surface area contributed by atoms with Gasteiger partial charge in [0, 0.05) is 6.07 Å². The maximum Gasteiger partial charge on any atom is 0.290 e. The van der Waals surface area contributed by atoms with Gasteiger partial charge in [0.15, 0.2) is 0 Å². The lowest BCUT2D eigenvalue weighted by Gasteiger charge is -2.03. The maximum absolute atomic E-state index is 10.7. The third-order valence-corrected chi connectivity index (χ3v) is 2.64. The van der Waals surface area contributed by atoms with Crippen molar-refractivity contribution in [2.75, 3.05) is 0 Å². The number of fused-ring (bicyclic) bond motifs is 1. The second-order valence-corrected chi connectivity index (χ2v) is 3.85. The number of aryl methyl sites for hydroxylation is 2. The molecule has 0 atom stereocenters. The van der Waals surface area contributed by atoms with Crippen LogP contribution in [0.25, 0.3) is 11.0 Å². The number of nitro groups is 1. The first-order chi connectivity index (χ1) is 7.49. The number of nitrogens with zero attached hydrogens (tertiary/aromatic N) is 3. The Morgan fingerprint density at radius 1 is 1.19 bits per heavy atom. The topological polar surface area (TPSA) is 68.9 Å². The number of halogens is 1. The van der Waals surface area contributed by atoms with Gasteiger partial charge in [-0.3, -0.25) is 10.1 Å². The monoisotopic (exact) mass is 237 g/mol. The van der Waals surface area contributed by atoms with E-state index in [4.69, 9.17) is 11.6 Å². The smallest absolute Gasteiger partial charge is 0.258 e. The van der Waals surface area contributed by atoms with Crippen LogP contribution in [0.4, 0.5) is 5.69 Å². The van der Waals surface area contributed by atoms with E-state index in [9.17, 15) is 10.1 Å². The van der Waals surface area contributed by atoms with Crippen LogP contribution in [0.1, 0.15) is 11.4 Å². The molecule has 0 aliphatic heterocycles. The Kier molecular flexibility index (Phi) is 2.47. The van der Waals surface area contributed by atoms with Gasteiger partial charge in [0.05, 0.1) is 27.3 Å². The molecule has 1 aromatic carbocycles. The summed E-state index contributed by atoms with van der Waals surface area (Å²) in [4.78, 5) is 18.7. The van der Waals surface area contributed by atoms with Crippen LogP contribution in [0.15, 0.2) is 12.1 Å². The van der Waals surface area contributed by atoms with Gasteiger partial charge >= 0.3 is 0 Å². The van der Waals surface area contributed by atoms with E-state index in [2.05, 4.69) is 9.97 Å². The lowest BCUT2D eigenvalue weighted by atomic mass is 10.2. The molecule has 0 N–H and O–H groups in total. The first-order valence-corrected chi connectivity index (χ1v) is 4.95. The van der Waals surface area contributed by atoms with E-state index in [1.807, 2.05) is 13.8 Å². The van der Waals surface area contributed by atoms with Gasteiger partial charge in [-0.05, 0) is 19.9 Å². The normalized spacial score (nSPS) is 10.7. The zero-order valence-electron chi connectivity index (χ0n) is 8.69. The van der Waals surface area contributed by atoms with E-state index in [1.54, 1.807) is 0 Å². The van der Waals surface area contributed by atoms with Gasteiger partial charge in [0.1, 0.15) is 5.02 Å². The summed E-state index contributed by atoms with van der Waals surface area (Å²) in [5.74, 6) is 0. The van der Waals surface area contributed by atoms with Crippen molar-refractivity contribution in [3.8, 4) is 0 Å². The van der Waals surface area contributed by atoms with Crippen molar-refractivity contribution in [1.29, 1.82) is 0 Å². The molecule has 0 radical (unpaired) electrons. The molecule has 0 saturated carbocycles. The van der Waals surface area contributed by atoms with Crippen LogP contribution in [0.2, 0.25) is 5.02 Å². The summed E-state index contributed by atoms with van der Waals surface area (Å²) in [6, 6.07) is 2.81. The molecule has 0 aliphatic carbocycles. The van der Waals surface area contributed by atoms with Crippen LogP contribution in [0, 0.1) is 24.0 Å². The molecule has 0 aliphatic rings. The van der Waals surface area contributed by atoms with Crippen molar-refractivity contribution in [3.05, 3.63) is 38.7 Å². The van der Waals surface area contributed by atoms with Crippen molar-refractivity contribution in [2.45, 2.75) is 13.8 Å². The van der Waals surface area contributed by atoms with Gasteiger partial charge in [-0.2, -0.15) is 0 Å². The number of hydrogen-bond acceptors (Lipinski definition) is 4. The fraction of sp³-hybridized carbons (Fsp3) is 0.200. The summed E-state index contributed by atoms with van der Waals surface area (Å²) < 4.78 is 0. The average molecular weight is 238 g/mol. The van der Waals surface area contributed by atoms with Gasteiger partial charge in [0.25, 0.3) is 5.69 Å². The molecule has 5 nitrogen and oxygen atoms in total. The molecule has 0 spiro atoms. The van der Waals surface area contributed by atoms with E-state index in [1.165, 1.54) is 12.1 Å². The molecule has 0 amide bonds. The first kappa shape index (κ1) is 10.8. The molecular formula is C10H8ClN3O2. The molecule has 82 valence electrons. The molecule has 0 saturated heterocycles. The van der Waals surface area contributed by atoms with E-state index in [0.717, 1.165) is 11.4 Å². The predicted octanol–water partition coefficient (Wildman–Crippen LogP) is 2.81. The molecule has 1 heterocycles. The van der Waals surface area contributed by atoms with Crippen LogP contribution in [0.3, 0.4) is 0 Å². The molecule has 0 unspecified atom stereocenters. The highest BCUT2D eigenvalue weighted by Crippen LogP contribution is 2.28. The van der Waals surface area contributed by atoms with Gasteiger partial charge in [-0.1, -0.05) is 11.6 Å². The minimum absolute atomic E-state index is 0.0788. The van der Waals surface area contributed by atoms with E-state index in [-0.39, 0.29) is 10.7 Å². The average Bonchev–Trinajstić information content (AvgIpc) is 2.19. The standard InChI is InChI=1S/C10H8ClN3O2/c1-5-6(2)13-9-4-10(14(15)16)7(11)3-8(9)12-5/h3-4H,1-2H3. The van der Waals surface area contributed by atoms with Crippen molar-refractivity contribution < 1.29 is 4.92 Å². The van der Waals surface area contributed by atoms with E-state index in [0.29, 0.717) is 11.0 Å². The summed E-state index contributed by atoms with van der Waals surface area (Å²) in [6.45, 7) is 3.64. The predicted molar refractivity (Wildman–Crippen MR) is 60.7 cm³/mol. The van der Waals surface area contributed by atoms with Crippen LogP contribution in [0.5, 0.6) is 0 Å². The van der Waals surface area contributed by atoms with E-state index >= 15 is 0 Å². The summed E-state index contributed by atoms with van der Waals surface area (Å²) >= 11 is 5.78. The quantitative estimate of drug-likeness (QED) is 0.565. The minimum atomic E-state index is -0.529. The van der Waals surface area contributed by atoms with Crippen molar-refractivity contribution in [1.82, 2.24) is 9.97 Å². The van der Waals surface area contributed by atoms with Gasteiger partial charge in [-0.15, -0.1) is 0 Å². The van der Waals surface area contributed by atoms with Gasteiger partial charge < -0.3 is 0 Å². The minimum Gasteiger partial charge on any atom is -0.258 e. The van der Waals surface area contributed by atoms with Crippen LogP contribution in [-0.2, 0) is 0 Å². The van der Waals surface area contributed by atoms with Crippen molar-refractivity contribution in [3.63, 3.8) is 0 Å². The van der Waals surface area contributed by atoms with E-state index < -0.39 is 4.92 Å². The highest BCUT2D eigenvalue weighted by molar-refractivity contribution is 6.33. The lowest BCUT2D eigenvalue weighted by Crippen LogP contribution is -1.95. The van der Waals surface area contributed by atoms with Crippen molar-refractivity contribution in [2.24, 2.45) is 0 Å². The third kappa shape index (κ3) is 1.69. The number of nitro benzene ring substituents is 1. The van der Waals surface area contributed by atoms with Crippen LogP contribution >= 0.6 is 11.6 Å². The Morgan fingerprint density at radius 3 is 2.19 bits per heavy atom. The molecule has 2 rings (SSSR count).